The molecule has 0 aliphatic rings. The number of benzene rings is 1. The van der Waals surface area contributed by atoms with Crippen molar-refractivity contribution in [2.45, 2.75) is 46.7 Å². The van der Waals surface area contributed by atoms with Crippen LogP contribution in [0.4, 0.5) is 0 Å². The molecule has 3 atom stereocenters. The molecular formula is C18H26N2O4. The first-order valence-electron chi connectivity index (χ1n) is 8.04. The maximum absolute atomic E-state index is 12.5. The number of carboxylic acids is 1. The number of aryl methyl sites for hydroxylation is 1. The van der Waals surface area contributed by atoms with E-state index >= 15 is 0 Å². The van der Waals surface area contributed by atoms with E-state index in [0.717, 1.165) is 5.56 Å². The Balaban J connectivity index is 2.84. The molecule has 3 N–H and O–H groups in total. The second-order valence-electron chi connectivity index (χ2n) is 6.43. The van der Waals surface area contributed by atoms with Gasteiger partial charge < -0.3 is 15.7 Å². The fourth-order valence-electron chi connectivity index (χ4n) is 2.23. The first-order valence-corrected chi connectivity index (χ1v) is 8.04. The molecule has 0 radical (unpaired) electrons. The Morgan fingerprint density at radius 3 is 2.08 bits per heavy atom. The third-order valence-electron chi connectivity index (χ3n) is 4.13. The van der Waals surface area contributed by atoms with E-state index in [2.05, 4.69) is 10.6 Å². The maximum Gasteiger partial charge on any atom is 0.308 e. The molecule has 24 heavy (non-hydrogen) atoms. The summed E-state index contributed by atoms with van der Waals surface area (Å²) in [5.74, 6) is -2.53. The minimum atomic E-state index is -0.979. The molecule has 0 heterocycles. The Labute approximate surface area is 142 Å². The zero-order valence-electron chi connectivity index (χ0n) is 14.8. The van der Waals surface area contributed by atoms with Gasteiger partial charge in [-0.2, -0.15) is 0 Å². The lowest BCUT2D eigenvalue weighted by atomic mass is 9.99. The summed E-state index contributed by atoms with van der Waals surface area (Å²) in [4.78, 5) is 35.9. The third kappa shape index (κ3) is 5.08. The van der Waals surface area contributed by atoms with E-state index in [-0.39, 0.29) is 17.7 Å². The van der Waals surface area contributed by atoms with E-state index in [1.165, 1.54) is 6.92 Å². The molecular weight excluding hydrogens is 308 g/mol. The molecule has 0 aliphatic carbocycles. The molecule has 0 fully saturated rings. The highest BCUT2D eigenvalue weighted by molar-refractivity contribution is 5.98. The summed E-state index contributed by atoms with van der Waals surface area (Å²) in [7, 11) is 0. The maximum atomic E-state index is 12.5. The van der Waals surface area contributed by atoms with E-state index in [0.29, 0.717) is 5.56 Å². The summed E-state index contributed by atoms with van der Waals surface area (Å²) in [5.41, 5.74) is 1.34. The van der Waals surface area contributed by atoms with Gasteiger partial charge >= 0.3 is 5.97 Å². The van der Waals surface area contributed by atoms with Crippen molar-refractivity contribution < 1.29 is 19.5 Å². The molecule has 132 valence electrons. The lowest BCUT2D eigenvalue weighted by Gasteiger charge is -2.25. The number of carboxylic acid groups (broad SMARTS) is 1. The molecule has 6 nitrogen and oxygen atoms in total. The summed E-state index contributed by atoms with van der Waals surface area (Å²) in [6.07, 6.45) is 0. The average Bonchev–Trinajstić information content (AvgIpc) is 2.51. The van der Waals surface area contributed by atoms with E-state index in [9.17, 15) is 14.4 Å². The van der Waals surface area contributed by atoms with E-state index in [4.69, 9.17) is 5.11 Å². The minimum Gasteiger partial charge on any atom is -0.481 e. The first kappa shape index (κ1) is 19.7. The van der Waals surface area contributed by atoms with E-state index in [1.54, 1.807) is 19.1 Å². The van der Waals surface area contributed by atoms with Crippen LogP contribution in [0.25, 0.3) is 0 Å². The number of amides is 2. The molecule has 0 spiro atoms. The Bertz CT molecular complexity index is 613. The number of hydrogen-bond donors (Lipinski definition) is 3. The van der Waals surface area contributed by atoms with Crippen molar-refractivity contribution in [1.82, 2.24) is 10.6 Å². The van der Waals surface area contributed by atoms with Gasteiger partial charge in [-0.3, -0.25) is 14.4 Å². The standard InChI is InChI=1S/C18H26N2O4/c1-10(2)15(17(22)19-13(5)12(4)18(23)24)20-16(21)14-9-7-6-8-11(14)3/h6-10,12-13,15H,1-5H3,(H,19,22)(H,20,21)(H,23,24). The van der Waals surface area contributed by atoms with Gasteiger partial charge in [-0.1, -0.05) is 32.0 Å². The number of hydrogen-bond acceptors (Lipinski definition) is 3. The summed E-state index contributed by atoms with van der Waals surface area (Å²) in [6.45, 7) is 8.65. The Morgan fingerprint density at radius 1 is 1.00 bits per heavy atom. The molecule has 1 aromatic carbocycles. The van der Waals surface area contributed by atoms with Crippen LogP contribution < -0.4 is 10.6 Å². The van der Waals surface area contributed by atoms with Gasteiger partial charge in [-0.05, 0) is 38.3 Å². The Kier molecular flexibility index (Phi) is 6.95. The largest absolute Gasteiger partial charge is 0.481 e. The topological polar surface area (TPSA) is 95.5 Å². The van der Waals surface area contributed by atoms with Gasteiger partial charge in [0.15, 0.2) is 0 Å². The molecule has 0 saturated carbocycles. The normalized spacial score (nSPS) is 14.6. The number of carbonyl (C=O) groups is 3. The summed E-state index contributed by atoms with van der Waals surface area (Å²) >= 11 is 0. The molecule has 0 aliphatic heterocycles. The van der Waals surface area contributed by atoms with Crippen LogP contribution in [0.5, 0.6) is 0 Å². The van der Waals surface area contributed by atoms with Crippen molar-refractivity contribution >= 4 is 17.8 Å². The smallest absolute Gasteiger partial charge is 0.308 e. The fourth-order valence-corrected chi connectivity index (χ4v) is 2.23. The van der Waals surface area contributed by atoms with Crippen molar-refractivity contribution in [2.24, 2.45) is 11.8 Å². The highest BCUT2D eigenvalue weighted by Gasteiger charge is 2.28. The van der Waals surface area contributed by atoms with Gasteiger partial charge in [0.25, 0.3) is 5.91 Å². The Morgan fingerprint density at radius 2 is 1.58 bits per heavy atom. The number of rotatable bonds is 7. The van der Waals surface area contributed by atoms with Crippen LogP contribution in [0.3, 0.4) is 0 Å². The minimum absolute atomic E-state index is 0.134. The van der Waals surface area contributed by atoms with Gasteiger partial charge in [0, 0.05) is 11.6 Å². The van der Waals surface area contributed by atoms with Crippen LogP contribution in [-0.4, -0.2) is 35.0 Å². The SMILES string of the molecule is Cc1ccccc1C(=O)NC(C(=O)NC(C)C(C)C(=O)O)C(C)C. The van der Waals surface area contributed by atoms with Crippen LogP contribution in [-0.2, 0) is 9.59 Å². The van der Waals surface area contributed by atoms with Crippen molar-refractivity contribution in [1.29, 1.82) is 0 Å². The van der Waals surface area contributed by atoms with Gasteiger partial charge in [-0.15, -0.1) is 0 Å². The first-order chi connectivity index (χ1) is 11.1. The molecule has 1 rings (SSSR count). The molecule has 0 bridgehead atoms. The average molecular weight is 334 g/mol. The lowest BCUT2D eigenvalue weighted by molar-refractivity contribution is -0.142. The molecule has 0 saturated heterocycles. The van der Waals surface area contributed by atoms with Crippen molar-refractivity contribution in [2.75, 3.05) is 0 Å². The Hall–Kier alpha value is -2.37. The van der Waals surface area contributed by atoms with Crippen LogP contribution in [0.1, 0.15) is 43.6 Å². The number of aliphatic carboxylic acids is 1. The van der Waals surface area contributed by atoms with Gasteiger partial charge in [-0.25, -0.2) is 0 Å². The second-order valence-corrected chi connectivity index (χ2v) is 6.43. The third-order valence-corrected chi connectivity index (χ3v) is 4.13. The van der Waals surface area contributed by atoms with Gasteiger partial charge in [0.2, 0.25) is 5.91 Å². The highest BCUT2D eigenvalue weighted by atomic mass is 16.4. The van der Waals surface area contributed by atoms with Crippen LogP contribution in [0, 0.1) is 18.8 Å². The molecule has 1 aromatic rings. The zero-order valence-corrected chi connectivity index (χ0v) is 14.8. The lowest BCUT2D eigenvalue weighted by Crippen LogP contribution is -2.53. The summed E-state index contributed by atoms with van der Waals surface area (Å²) < 4.78 is 0. The van der Waals surface area contributed by atoms with E-state index in [1.807, 2.05) is 32.9 Å². The predicted octanol–water partition coefficient (Wildman–Crippen LogP) is 1.97. The summed E-state index contributed by atoms with van der Waals surface area (Å²) in [5, 5.41) is 14.4. The van der Waals surface area contributed by atoms with Crippen LogP contribution in [0.15, 0.2) is 24.3 Å². The molecule has 3 unspecified atom stereocenters. The molecule has 2 amide bonds. The van der Waals surface area contributed by atoms with Gasteiger partial charge in [0.05, 0.1) is 5.92 Å². The van der Waals surface area contributed by atoms with E-state index < -0.39 is 24.0 Å². The molecule has 0 aromatic heterocycles. The predicted molar refractivity (Wildman–Crippen MR) is 91.7 cm³/mol. The second kappa shape index (κ2) is 8.47. The van der Waals surface area contributed by atoms with Gasteiger partial charge in [0.1, 0.15) is 6.04 Å². The fraction of sp³-hybridized carbons (Fsp3) is 0.500. The summed E-state index contributed by atoms with van der Waals surface area (Å²) in [6, 6.07) is 5.87. The van der Waals surface area contributed by atoms with Crippen LogP contribution >= 0.6 is 0 Å². The quantitative estimate of drug-likeness (QED) is 0.710. The van der Waals surface area contributed by atoms with Crippen molar-refractivity contribution in [3.63, 3.8) is 0 Å². The highest BCUT2D eigenvalue weighted by Crippen LogP contribution is 2.10. The monoisotopic (exact) mass is 334 g/mol. The number of nitrogens with one attached hydrogen (secondary N) is 2. The molecule has 6 heteroatoms. The van der Waals surface area contributed by atoms with Crippen molar-refractivity contribution in [3.05, 3.63) is 35.4 Å². The van der Waals surface area contributed by atoms with Crippen molar-refractivity contribution in [3.8, 4) is 0 Å². The number of carbonyl (C=O) groups excluding carboxylic acids is 2. The zero-order chi connectivity index (χ0) is 18.4. The van der Waals surface area contributed by atoms with Crippen LogP contribution in [0.2, 0.25) is 0 Å².